The lowest BCUT2D eigenvalue weighted by Crippen LogP contribution is -2.53. The standard InChI is InChI=1S/C12H17F3N2O/c1-3-7-17(8-4-2)10(18)11(12(13,14)15)5-6-16-9-11/h1,16H,4-9H2,2H3. The molecule has 3 nitrogen and oxygen atoms in total. The van der Waals surface area contributed by atoms with E-state index >= 15 is 0 Å². The van der Waals surface area contributed by atoms with Crippen LogP contribution in [0.2, 0.25) is 0 Å². The minimum Gasteiger partial charge on any atom is -0.331 e. The van der Waals surface area contributed by atoms with E-state index in [2.05, 4.69) is 11.2 Å². The molecule has 1 aliphatic heterocycles. The van der Waals surface area contributed by atoms with E-state index < -0.39 is 17.5 Å². The van der Waals surface area contributed by atoms with E-state index in [9.17, 15) is 18.0 Å². The predicted molar refractivity (Wildman–Crippen MR) is 61.7 cm³/mol. The fourth-order valence-corrected chi connectivity index (χ4v) is 2.17. The Kier molecular flexibility index (Phi) is 4.63. The summed E-state index contributed by atoms with van der Waals surface area (Å²) in [6.07, 6.45) is 0.916. The Balaban J connectivity index is 2.99. The quantitative estimate of drug-likeness (QED) is 0.777. The maximum atomic E-state index is 13.2. The average Bonchev–Trinajstić information content (AvgIpc) is 2.77. The molecule has 0 saturated carbocycles. The largest absolute Gasteiger partial charge is 0.404 e. The molecule has 1 amide bonds. The predicted octanol–water partition coefficient (Wildman–Crippen LogP) is 1.40. The molecule has 1 aliphatic rings. The topological polar surface area (TPSA) is 32.3 Å². The lowest BCUT2D eigenvalue weighted by molar-refractivity contribution is -0.221. The number of hydrogen-bond donors (Lipinski definition) is 1. The smallest absolute Gasteiger partial charge is 0.331 e. The maximum Gasteiger partial charge on any atom is 0.404 e. The second-order valence-electron chi connectivity index (χ2n) is 4.44. The van der Waals surface area contributed by atoms with Crippen LogP contribution >= 0.6 is 0 Å². The summed E-state index contributed by atoms with van der Waals surface area (Å²) in [5, 5.41) is 2.62. The number of alkyl halides is 3. The van der Waals surface area contributed by atoms with E-state index in [1.807, 2.05) is 0 Å². The molecule has 1 saturated heterocycles. The Bertz CT molecular complexity index is 340. The van der Waals surface area contributed by atoms with Crippen molar-refractivity contribution < 1.29 is 18.0 Å². The average molecular weight is 262 g/mol. The van der Waals surface area contributed by atoms with Crippen LogP contribution in [0.3, 0.4) is 0 Å². The van der Waals surface area contributed by atoms with Gasteiger partial charge < -0.3 is 10.2 Å². The van der Waals surface area contributed by atoms with Crippen molar-refractivity contribution in [3.63, 3.8) is 0 Å². The highest BCUT2D eigenvalue weighted by atomic mass is 19.4. The first-order valence-electron chi connectivity index (χ1n) is 5.89. The number of nitrogens with one attached hydrogen (secondary N) is 1. The molecule has 0 spiro atoms. The molecule has 18 heavy (non-hydrogen) atoms. The van der Waals surface area contributed by atoms with Crippen molar-refractivity contribution >= 4 is 5.91 Å². The minimum absolute atomic E-state index is 0.0789. The van der Waals surface area contributed by atoms with Gasteiger partial charge in [0.2, 0.25) is 5.91 Å². The first kappa shape index (κ1) is 14.8. The van der Waals surface area contributed by atoms with Crippen LogP contribution in [-0.2, 0) is 4.79 Å². The number of nitrogens with zero attached hydrogens (tertiary/aromatic N) is 1. The highest BCUT2D eigenvalue weighted by Crippen LogP contribution is 2.44. The Morgan fingerprint density at radius 2 is 2.22 bits per heavy atom. The highest BCUT2D eigenvalue weighted by molar-refractivity contribution is 5.84. The first-order valence-corrected chi connectivity index (χ1v) is 5.89. The van der Waals surface area contributed by atoms with E-state index in [4.69, 9.17) is 6.42 Å². The summed E-state index contributed by atoms with van der Waals surface area (Å²) < 4.78 is 39.5. The molecule has 0 aromatic carbocycles. The van der Waals surface area contributed by atoms with Gasteiger partial charge in [-0.1, -0.05) is 12.8 Å². The molecule has 6 heteroatoms. The molecule has 0 bridgehead atoms. The van der Waals surface area contributed by atoms with Crippen LogP contribution in [0.1, 0.15) is 19.8 Å². The zero-order valence-electron chi connectivity index (χ0n) is 10.3. The molecule has 1 heterocycles. The van der Waals surface area contributed by atoms with Gasteiger partial charge in [0.05, 0.1) is 6.54 Å². The van der Waals surface area contributed by atoms with Gasteiger partial charge in [-0.2, -0.15) is 13.2 Å². The lowest BCUT2D eigenvalue weighted by atomic mass is 9.84. The van der Waals surface area contributed by atoms with Crippen LogP contribution < -0.4 is 5.32 Å². The second-order valence-corrected chi connectivity index (χ2v) is 4.44. The van der Waals surface area contributed by atoms with Crippen LogP contribution in [0.4, 0.5) is 13.2 Å². The maximum absolute atomic E-state index is 13.2. The second kappa shape index (κ2) is 5.61. The first-order chi connectivity index (χ1) is 8.39. The summed E-state index contributed by atoms with van der Waals surface area (Å²) >= 11 is 0. The van der Waals surface area contributed by atoms with Gasteiger partial charge in [-0.05, 0) is 19.4 Å². The van der Waals surface area contributed by atoms with Crippen molar-refractivity contribution in [1.29, 1.82) is 0 Å². The van der Waals surface area contributed by atoms with E-state index in [0.29, 0.717) is 6.42 Å². The normalized spacial score (nSPS) is 23.7. The third-order valence-electron chi connectivity index (χ3n) is 3.17. The van der Waals surface area contributed by atoms with Gasteiger partial charge in [-0.15, -0.1) is 6.42 Å². The van der Waals surface area contributed by atoms with Gasteiger partial charge in [0.25, 0.3) is 0 Å². The number of terminal acetylenes is 1. The van der Waals surface area contributed by atoms with E-state index in [0.717, 1.165) is 4.90 Å². The summed E-state index contributed by atoms with van der Waals surface area (Å²) in [6, 6.07) is 0. The lowest BCUT2D eigenvalue weighted by Gasteiger charge is -2.34. The molecule has 102 valence electrons. The zero-order chi connectivity index (χ0) is 13.8. The van der Waals surface area contributed by atoms with Crippen molar-refractivity contribution in [1.82, 2.24) is 10.2 Å². The summed E-state index contributed by atoms with van der Waals surface area (Å²) in [4.78, 5) is 13.3. The van der Waals surface area contributed by atoms with Gasteiger partial charge >= 0.3 is 6.18 Å². The van der Waals surface area contributed by atoms with Crippen molar-refractivity contribution in [3.8, 4) is 12.3 Å². The molecule has 1 fully saturated rings. The molecule has 0 aromatic rings. The van der Waals surface area contributed by atoms with Gasteiger partial charge in [0, 0.05) is 13.1 Å². The monoisotopic (exact) mass is 262 g/mol. The fourth-order valence-electron chi connectivity index (χ4n) is 2.17. The SMILES string of the molecule is C#CCN(CCC)C(=O)C1(C(F)(F)F)CCNC1. The molecular weight excluding hydrogens is 245 g/mol. The molecule has 0 radical (unpaired) electrons. The molecule has 0 aromatic heterocycles. The molecule has 1 atom stereocenters. The number of halogens is 3. The Morgan fingerprint density at radius 1 is 1.56 bits per heavy atom. The fraction of sp³-hybridized carbons (Fsp3) is 0.750. The molecule has 1 unspecified atom stereocenters. The van der Waals surface area contributed by atoms with E-state index in [1.54, 1.807) is 6.92 Å². The third-order valence-corrected chi connectivity index (χ3v) is 3.17. The Labute approximate surface area is 105 Å². The van der Waals surface area contributed by atoms with Crippen molar-refractivity contribution in [2.24, 2.45) is 5.41 Å². The number of carbonyl (C=O) groups excluding carboxylic acids is 1. The summed E-state index contributed by atoms with van der Waals surface area (Å²) in [6.45, 7) is 1.80. The Morgan fingerprint density at radius 3 is 2.61 bits per heavy atom. The highest BCUT2D eigenvalue weighted by Gasteiger charge is 2.62. The van der Waals surface area contributed by atoms with Crippen LogP contribution in [0.25, 0.3) is 0 Å². The van der Waals surface area contributed by atoms with Crippen molar-refractivity contribution in [2.45, 2.75) is 25.9 Å². The third kappa shape index (κ3) is 2.61. The minimum atomic E-state index is -4.55. The molecule has 0 aliphatic carbocycles. The number of carbonyl (C=O) groups is 1. The number of hydrogen-bond acceptors (Lipinski definition) is 2. The van der Waals surface area contributed by atoms with Crippen LogP contribution in [0, 0.1) is 17.8 Å². The van der Waals surface area contributed by atoms with Gasteiger partial charge in [-0.3, -0.25) is 4.79 Å². The van der Waals surface area contributed by atoms with Crippen LogP contribution in [0.15, 0.2) is 0 Å². The van der Waals surface area contributed by atoms with E-state index in [1.165, 1.54) is 0 Å². The number of amides is 1. The summed E-state index contributed by atoms with van der Waals surface area (Å²) in [5.74, 6) is 1.34. The number of rotatable bonds is 4. The molecule has 1 N–H and O–H groups in total. The van der Waals surface area contributed by atoms with Gasteiger partial charge in [0.1, 0.15) is 0 Å². The Hall–Kier alpha value is -1.22. The van der Waals surface area contributed by atoms with E-state index in [-0.39, 0.29) is 32.6 Å². The summed E-state index contributed by atoms with van der Waals surface area (Å²) in [5.41, 5.74) is -2.31. The molecule has 1 rings (SSSR count). The van der Waals surface area contributed by atoms with Crippen molar-refractivity contribution in [2.75, 3.05) is 26.2 Å². The molecular formula is C12H17F3N2O. The summed E-state index contributed by atoms with van der Waals surface area (Å²) in [7, 11) is 0. The van der Waals surface area contributed by atoms with Crippen molar-refractivity contribution in [3.05, 3.63) is 0 Å². The zero-order valence-corrected chi connectivity index (χ0v) is 10.3. The van der Waals surface area contributed by atoms with Gasteiger partial charge in [-0.25, -0.2) is 0 Å². The van der Waals surface area contributed by atoms with Crippen LogP contribution in [0.5, 0.6) is 0 Å². The van der Waals surface area contributed by atoms with Gasteiger partial charge in [0.15, 0.2) is 5.41 Å². The van der Waals surface area contributed by atoms with Crippen LogP contribution in [-0.4, -0.2) is 43.2 Å².